The van der Waals surface area contributed by atoms with Crippen LogP contribution in [-0.2, 0) is 16.0 Å². The zero-order valence-corrected chi connectivity index (χ0v) is 13.2. The highest BCUT2D eigenvalue weighted by atomic mass is 16.2. The second-order valence-corrected chi connectivity index (χ2v) is 5.80. The van der Waals surface area contributed by atoms with Crippen LogP contribution in [0.4, 0.5) is 5.69 Å². The summed E-state index contributed by atoms with van der Waals surface area (Å²) in [5.41, 5.74) is 3.13. The summed E-state index contributed by atoms with van der Waals surface area (Å²) < 4.78 is 0. The Morgan fingerprint density at radius 1 is 1.09 bits per heavy atom. The van der Waals surface area contributed by atoms with Crippen molar-refractivity contribution in [2.45, 2.75) is 25.8 Å². The Morgan fingerprint density at radius 3 is 2.57 bits per heavy atom. The number of nitrogens with zero attached hydrogens (tertiary/aromatic N) is 1. The molecule has 118 valence electrons. The van der Waals surface area contributed by atoms with Crippen molar-refractivity contribution in [3.63, 3.8) is 0 Å². The Labute approximate surface area is 136 Å². The van der Waals surface area contributed by atoms with Gasteiger partial charge < -0.3 is 10.2 Å². The Hall–Kier alpha value is -2.62. The molecule has 0 spiro atoms. The van der Waals surface area contributed by atoms with Gasteiger partial charge in [-0.1, -0.05) is 48.5 Å². The van der Waals surface area contributed by atoms with Gasteiger partial charge in [-0.05, 0) is 30.5 Å². The van der Waals surface area contributed by atoms with Gasteiger partial charge in [-0.25, -0.2) is 0 Å². The predicted octanol–water partition coefficient (Wildman–Crippen LogP) is 2.84. The second kappa shape index (κ2) is 6.65. The number of carbonyl (C=O) groups is 2. The van der Waals surface area contributed by atoms with Gasteiger partial charge in [-0.15, -0.1) is 0 Å². The summed E-state index contributed by atoms with van der Waals surface area (Å²) >= 11 is 0. The molecule has 0 aromatic heterocycles. The minimum Gasteiger partial charge on any atom is -0.349 e. The van der Waals surface area contributed by atoms with Crippen LogP contribution in [0.2, 0.25) is 0 Å². The molecule has 4 heteroatoms. The highest BCUT2D eigenvalue weighted by molar-refractivity contribution is 6.06. The van der Waals surface area contributed by atoms with Gasteiger partial charge in [-0.3, -0.25) is 9.59 Å². The smallest absolute Gasteiger partial charge is 0.236 e. The zero-order chi connectivity index (χ0) is 16.2. The van der Waals surface area contributed by atoms with E-state index >= 15 is 0 Å². The highest BCUT2D eigenvalue weighted by Crippen LogP contribution is 2.27. The third kappa shape index (κ3) is 3.42. The Morgan fingerprint density at radius 2 is 1.78 bits per heavy atom. The Balaban J connectivity index is 1.59. The van der Waals surface area contributed by atoms with Gasteiger partial charge >= 0.3 is 0 Å². The zero-order valence-electron chi connectivity index (χ0n) is 13.2. The number of anilines is 1. The lowest BCUT2D eigenvalue weighted by atomic mass is 10.1. The van der Waals surface area contributed by atoms with E-state index < -0.39 is 0 Å². The molecule has 0 saturated carbocycles. The average Bonchev–Trinajstić information content (AvgIpc) is 2.99. The lowest BCUT2D eigenvalue weighted by Gasteiger charge is -2.18. The molecule has 1 atom stereocenters. The van der Waals surface area contributed by atoms with Crippen LogP contribution >= 0.6 is 0 Å². The van der Waals surface area contributed by atoms with Crippen LogP contribution in [0.25, 0.3) is 0 Å². The molecule has 0 aliphatic carbocycles. The number of para-hydroxylation sites is 1. The normalized spacial score (nSPS) is 14.2. The van der Waals surface area contributed by atoms with E-state index in [0.717, 1.165) is 17.7 Å². The van der Waals surface area contributed by atoms with Gasteiger partial charge in [0.2, 0.25) is 11.8 Å². The average molecular weight is 308 g/mol. The summed E-state index contributed by atoms with van der Waals surface area (Å²) in [5.74, 6) is -0.386. The van der Waals surface area contributed by atoms with E-state index in [-0.39, 0.29) is 24.3 Å². The van der Waals surface area contributed by atoms with Crippen molar-refractivity contribution >= 4 is 17.5 Å². The van der Waals surface area contributed by atoms with Crippen LogP contribution in [0.3, 0.4) is 0 Å². The molecule has 1 heterocycles. The van der Waals surface area contributed by atoms with E-state index in [2.05, 4.69) is 5.32 Å². The van der Waals surface area contributed by atoms with E-state index in [9.17, 15) is 9.59 Å². The number of hydrogen-bond donors (Lipinski definition) is 1. The molecule has 2 amide bonds. The predicted molar refractivity (Wildman–Crippen MR) is 90.1 cm³/mol. The van der Waals surface area contributed by atoms with Crippen molar-refractivity contribution in [2.24, 2.45) is 0 Å². The van der Waals surface area contributed by atoms with E-state index in [1.807, 2.05) is 61.5 Å². The Bertz CT molecular complexity index is 712. The van der Waals surface area contributed by atoms with Crippen molar-refractivity contribution < 1.29 is 9.59 Å². The van der Waals surface area contributed by atoms with E-state index in [0.29, 0.717) is 6.54 Å². The first-order chi connectivity index (χ1) is 11.1. The SMILES string of the molecule is CC(NC(=O)CC(=O)N1CCc2ccccc21)c1ccccc1. The number of carbonyl (C=O) groups excluding carboxylic acids is 2. The van der Waals surface area contributed by atoms with Gasteiger partial charge in [0.05, 0.1) is 6.04 Å². The fourth-order valence-corrected chi connectivity index (χ4v) is 2.95. The first kappa shape index (κ1) is 15.3. The molecule has 23 heavy (non-hydrogen) atoms. The second-order valence-electron chi connectivity index (χ2n) is 5.80. The largest absolute Gasteiger partial charge is 0.349 e. The molecule has 2 aromatic carbocycles. The first-order valence-corrected chi connectivity index (χ1v) is 7.88. The molecule has 2 aromatic rings. The summed E-state index contributed by atoms with van der Waals surface area (Å²) in [4.78, 5) is 26.3. The molecule has 0 bridgehead atoms. The fourth-order valence-electron chi connectivity index (χ4n) is 2.95. The lowest BCUT2D eigenvalue weighted by molar-refractivity contribution is -0.128. The van der Waals surface area contributed by atoms with Crippen LogP contribution in [0, 0.1) is 0 Å². The van der Waals surface area contributed by atoms with Crippen molar-refractivity contribution in [2.75, 3.05) is 11.4 Å². The summed E-state index contributed by atoms with van der Waals surface area (Å²) in [6.45, 7) is 2.57. The van der Waals surface area contributed by atoms with Crippen LogP contribution in [-0.4, -0.2) is 18.4 Å². The van der Waals surface area contributed by atoms with Gasteiger partial charge in [-0.2, -0.15) is 0 Å². The first-order valence-electron chi connectivity index (χ1n) is 7.88. The molecule has 1 aliphatic heterocycles. The van der Waals surface area contributed by atoms with Crippen LogP contribution in [0.5, 0.6) is 0 Å². The maximum Gasteiger partial charge on any atom is 0.236 e. The van der Waals surface area contributed by atoms with Crippen LogP contribution in [0.15, 0.2) is 54.6 Å². The highest BCUT2D eigenvalue weighted by Gasteiger charge is 2.25. The third-order valence-electron chi connectivity index (χ3n) is 4.18. The molecular weight excluding hydrogens is 288 g/mol. The molecule has 0 fully saturated rings. The molecule has 1 N–H and O–H groups in total. The van der Waals surface area contributed by atoms with Crippen molar-refractivity contribution in [1.82, 2.24) is 5.32 Å². The summed E-state index contributed by atoms with van der Waals surface area (Å²) in [7, 11) is 0. The Kier molecular flexibility index (Phi) is 4.42. The van der Waals surface area contributed by atoms with Gasteiger partial charge in [0, 0.05) is 12.2 Å². The lowest BCUT2D eigenvalue weighted by Crippen LogP contribution is -2.35. The van der Waals surface area contributed by atoms with E-state index in [1.54, 1.807) is 4.90 Å². The maximum absolute atomic E-state index is 12.4. The number of amides is 2. The van der Waals surface area contributed by atoms with Crippen LogP contribution < -0.4 is 10.2 Å². The summed E-state index contributed by atoms with van der Waals surface area (Å²) in [6, 6.07) is 17.5. The number of benzene rings is 2. The van der Waals surface area contributed by atoms with Crippen molar-refractivity contribution in [3.05, 3.63) is 65.7 Å². The minimum atomic E-state index is -0.240. The summed E-state index contributed by atoms with van der Waals surface area (Å²) in [5, 5.41) is 2.89. The molecular formula is C19H20N2O2. The molecule has 1 aliphatic rings. The maximum atomic E-state index is 12.4. The molecule has 3 rings (SSSR count). The molecule has 0 radical (unpaired) electrons. The number of nitrogens with one attached hydrogen (secondary N) is 1. The standard InChI is InChI=1S/C19H20N2O2/c1-14(15-7-3-2-4-8-15)20-18(22)13-19(23)21-12-11-16-9-5-6-10-17(16)21/h2-10,14H,11-13H2,1H3,(H,20,22). The van der Waals surface area contributed by atoms with E-state index in [1.165, 1.54) is 5.56 Å². The monoisotopic (exact) mass is 308 g/mol. The van der Waals surface area contributed by atoms with Gasteiger partial charge in [0.1, 0.15) is 6.42 Å². The van der Waals surface area contributed by atoms with E-state index in [4.69, 9.17) is 0 Å². The third-order valence-corrected chi connectivity index (χ3v) is 4.18. The fraction of sp³-hybridized carbons (Fsp3) is 0.263. The molecule has 1 unspecified atom stereocenters. The number of hydrogen-bond acceptors (Lipinski definition) is 2. The van der Waals surface area contributed by atoms with Crippen molar-refractivity contribution in [3.8, 4) is 0 Å². The number of fused-ring (bicyclic) bond motifs is 1. The number of rotatable bonds is 4. The van der Waals surface area contributed by atoms with Gasteiger partial charge in [0.25, 0.3) is 0 Å². The molecule has 4 nitrogen and oxygen atoms in total. The summed E-state index contributed by atoms with van der Waals surface area (Å²) in [6.07, 6.45) is 0.732. The van der Waals surface area contributed by atoms with Crippen LogP contribution in [0.1, 0.15) is 30.5 Å². The minimum absolute atomic E-state index is 0.109. The quantitative estimate of drug-likeness (QED) is 0.883. The van der Waals surface area contributed by atoms with Gasteiger partial charge in [0.15, 0.2) is 0 Å². The topological polar surface area (TPSA) is 49.4 Å². The molecule has 0 saturated heterocycles. The van der Waals surface area contributed by atoms with Crippen molar-refractivity contribution in [1.29, 1.82) is 0 Å².